The molecule has 1 atom stereocenters. The van der Waals surface area contributed by atoms with Crippen molar-refractivity contribution in [2.24, 2.45) is 10.3 Å². The molecule has 0 heterocycles. The van der Waals surface area contributed by atoms with Crippen LogP contribution < -0.4 is 15.4 Å². The highest BCUT2D eigenvalue weighted by atomic mass is 33.1. The summed E-state index contributed by atoms with van der Waals surface area (Å²) in [5.41, 5.74) is -3.36. The minimum Gasteiger partial charge on any atom is -0.283 e. The standard InChI is InChI=1S/C4H11N4O4PS2/c1-2-3(8(10)11)4(9)7-13(12,14-5)15-6/h3H,2,5-6H2,1H3,(H,7,9,12). The largest absolute Gasteiger partial charge is 0.308 e. The molecule has 0 aliphatic heterocycles. The van der Waals surface area contributed by atoms with Crippen molar-refractivity contribution in [3.8, 4) is 0 Å². The summed E-state index contributed by atoms with van der Waals surface area (Å²) in [6.07, 6.45) is 0.00328. The van der Waals surface area contributed by atoms with E-state index in [9.17, 15) is 19.5 Å². The number of nitrogens with zero attached hydrogens (tertiary/aromatic N) is 1. The second-order valence-corrected chi connectivity index (χ2v) is 9.08. The summed E-state index contributed by atoms with van der Waals surface area (Å²) < 4.78 is 11.5. The van der Waals surface area contributed by atoms with Gasteiger partial charge in [0.25, 0.3) is 6.04 Å². The highest BCUT2D eigenvalue weighted by Crippen LogP contribution is 2.60. The summed E-state index contributed by atoms with van der Waals surface area (Å²) >= 11 is 0.758. The Bertz CT molecular complexity index is 292. The number of carbonyl (C=O) groups is 1. The van der Waals surface area contributed by atoms with Gasteiger partial charge in [-0.05, 0) is 0 Å². The van der Waals surface area contributed by atoms with Gasteiger partial charge in [0.15, 0.2) is 0 Å². The van der Waals surface area contributed by atoms with Crippen molar-refractivity contribution in [3.63, 3.8) is 0 Å². The van der Waals surface area contributed by atoms with Crippen molar-refractivity contribution < 1.29 is 14.3 Å². The van der Waals surface area contributed by atoms with E-state index < -0.39 is 22.6 Å². The number of nitrogens with one attached hydrogen (secondary N) is 1. The summed E-state index contributed by atoms with van der Waals surface area (Å²) in [6.45, 7) is 1.48. The first-order valence-electron chi connectivity index (χ1n) is 3.72. The third kappa shape index (κ3) is 4.39. The molecule has 88 valence electrons. The Balaban J connectivity index is 4.60. The van der Waals surface area contributed by atoms with Gasteiger partial charge >= 0.3 is 11.6 Å². The van der Waals surface area contributed by atoms with Crippen LogP contribution in [-0.4, -0.2) is 16.9 Å². The summed E-state index contributed by atoms with van der Waals surface area (Å²) in [7, 11) is 0. The maximum Gasteiger partial charge on any atom is 0.308 e. The first-order chi connectivity index (χ1) is 6.90. The average molecular weight is 274 g/mol. The number of carbonyl (C=O) groups excluding carboxylic acids is 1. The molecule has 1 amide bonds. The van der Waals surface area contributed by atoms with Crippen molar-refractivity contribution in [2.45, 2.75) is 19.4 Å². The molecule has 0 aromatic carbocycles. The first-order valence-corrected chi connectivity index (χ1v) is 8.40. The Morgan fingerprint density at radius 2 is 2.07 bits per heavy atom. The monoisotopic (exact) mass is 274 g/mol. The lowest BCUT2D eigenvalue weighted by molar-refractivity contribution is -0.507. The van der Waals surface area contributed by atoms with E-state index in [1.54, 1.807) is 0 Å². The van der Waals surface area contributed by atoms with E-state index in [-0.39, 0.29) is 6.42 Å². The molecule has 0 bridgehead atoms. The van der Waals surface area contributed by atoms with E-state index in [4.69, 9.17) is 10.3 Å². The Hall–Kier alpha value is -0.280. The van der Waals surface area contributed by atoms with Crippen molar-refractivity contribution in [1.82, 2.24) is 5.09 Å². The second-order valence-electron chi connectivity index (χ2n) is 2.39. The fourth-order valence-electron chi connectivity index (χ4n) is 0.717. The Morgan fingerprint density at radius 3 is 2.33 bits per heavy atom. The van der Waals surface area contributed by atoms with Gasteiger partial charge in [-0.2, -0.15) is 0 Å². The molecule has 1 unspecified atom stereocenters. The maximum absolute atomic E-state index is 11.5. The molecule has 0 saturated heterocycles. The number of hydrogen-bond acceptors (Lipinski definition) is 8. The zero-order valence-corrected chi connectivity index (χ0v) is 10.3. The number of nitrogens with two attached hydrogens (primary N) is 2. The van der Waals surface area contributed by atoms with Crippen LogP contribution in [0.25, 0.3) is 0 Å². The maximum atomic E-state index is 11.5. The molecule has 15 heavy (non-hydrogen) atoms. The third-order valence-corrected chi connectivity index (χ3v) is 6.28. The molecule has 0 fully saturated rings. The molecule has 5 N–H and O–H groups in total. The van der Waals surface area contributed by atoms with Crippen molar-refractivity contribution in [1.29, 1.82) is 0 Å². The summed E-state index contributed by atoms with van der Waals surface area (Å²) in [6, 6.07) is -1.43. The van der Waals surface area contributed by atoms with Gasteiger partial charge in [0.1, 0.15) is 0 Å². The summed E-state index contributed by atoms with van der Waals surface area (Å²) in [4.78, 5) is 21.0. The van der Waals surface area contributed by atoms with Crippen molar-refractivity contribution in [2.75, 3.05) is 0 Å². The molecule has 0 spiro atoms. The van der Waals surface area contributed by atoms with Gasteiger partial charge in [-0.3, -0.25) is 34.8 Å². The smallest absolute Gasteiger partial charge is 0.283 e. The fraction of sp³-hybridized carbons (Fsp3) is 0.750. The van der Waals surface area contributed by atoms with Gasteiger partial charge in [0, 0.05) is 34.5 Å². The molecule has 0 aromatic rings. The molecule has 11 heteroatoms. The highest BCUT2D eigenvalue weighted by Gasteiger charge is 2.33. The van der Waals surface area contributed by atoms with Crippen LogP contribution in [0.5, 0.6) is 0 Å². The Kier molecular flexibility index (Phi) is 6.22. The Labute approximate surface area is 94.2 Å². The van der Waals surface area contributed by atoms with Gasteiger partial charge in [-0.15, -0.1) is 0 Å². The lowest BCUT2D eigenvalue weighted by Gasteiger charge is -2.14. The lowest BCUT2D eigenvalue weighted by atomic mass is 10.2. The predicted octanol–water partition coefficient (Wildman–Crippen LogP) is 0.480. The number of nitro groups is 1. The van der Waals surface area contributed by atoms with E-state index in [0.717, 1.165) is 0 Å². The summed E-state index contributed by atoms with van der Waals surface area (Å²) in [5, 5.41) is 22.5. The molecular weight excluding hydrogens is 263 g/mol. The van der Waals surface area contributed by atoms with Crippen LogP contribution in [0, 0.1) is 10.1 Å². The van der Waals surface area contributed by atoms with Crippen LogP contribution in [0.2, 0.25) is 0 Å². The van der Waals surface area contributed by atoms with Crippen LogP contribution in [0.1, 0.15) is 13.3 Å². The van der Waals surface area contributed by atoms with Gasteiger partial charge in [0.2, 0.25) is 0 Å². The second kappa shape index (κ2) is 6.33. The molecule has 0 aromatic heterocycles. The first kappa shape index (κ1) is 14.7. The molecule has 0 aliphatic carbocycles. The van der Waals surface area contributed by atoms with E-state index in [0.29, 0.717) is 23.1 Å². The van der Waals surface area contributed by atoms with Gasteiger partial charge in [-0.1, -0.05) is 6.92 Å². The van der Waals surface area contributed by atoms with Crippen molar-refractivity contribution in [3.05, 3.63) is 10.1 Å². The average Bonchev–Trinajstić information content (AvgIpc) is 2.18. The molecule has 0 radical (unpaired) electrons. The Morgan fingerprint density at radius 1 is 1.60 bits per heavy atom. The molecule has 0 saturated carbocycles. The third-order valence-electron chi connectivity index (χ3n) is 1.47. The number of amides is 1. The topological polar surface area (TPSA) is 141 Å². The zero-order chi connectivity index (χ0) is 12.1. The van der Waals surface area contributed by atoms with Gasteiger partial charge in [0.05, 0.1) is 0 Å². The normalized spacial score (nSPS) is 13.3. The predicted molar refractivity (Wildman–Crippen MR) is 60.4 cm³/mol. The van der Waals surface area contributed by atoms with E-state index in [1.807, 2.05) is 5.09 Å². The van der Waals surface area contributed by atoms with Crippen LogP contribution in [-0.2, 0) is 9.36 Å². The van der Waals surface area contributed by atoms with E-state index in [1.165, 1.54) is 6.92 Å². The van der Waals surface area contributed by atoms with Crippen LogP contribution >= 0.6 is 28.8 Å². The zero-order valence-electron chi connectivity index (χ0n) is 7.78. The molecule has 0 aliphatic rings. The fourth-order valence-corrected chi connectivity index (χ4v) is 2.74. The quantitative estimate of drug-likeness (QED) is 0.275. The minimum atomic E-state index is -3.36. The molecule has 8 nitrogen and oxygen atoms in total. The SMILES string of the molecule is CCC(C(=O)NP(=O)(SN)SN)[N+](=O)[O-]. The van der Waals surface area contributed by atoms with Gasteiger partial charge < -0.3 is 0 Å². The minimum absolute atomic E-state index is 0.00328. The summed E-state index contributed by atoms with van der Waals surface area (Å²) in [5.74, 6) is -0.943. The van der Waals surface area contributed by atoms with E-state index in [2.05, 4.69) is 0 Å². The van der Waals surface area contributed by atoms with Crippen LogP contribution in [0.3, 0.4) is 0 Å². The highest BCUT2D eigenvalue weighted by molar-refractivity contribution is 8.89. The van der Waals surface area contributed by atoms with Crippen LogP contribution in [0.15, 0.2) is 0 Å². The molecule has 0 rings (SSSR count). The lowest BCUT2D eigenvalue weighted by Crippen LogP contribution is -2.37. The van der Waals surface area contributed by atoms with Gasteiger partial charge in [-0.25, -0.2) is 0 Å². The van der Waals surface area contributed by atoms with E-state index >= 15 is 0 Å². The number of rotatable bonds is 6. The molecular formula is C4H11N4O4PS2. The van der Waals surface area contributed by atoms with Crippen LogP contribution in [0.4, 0.5) is 0 Å². The number of hydrogen-bond donors (Lipinski definition) is 3. The van der Waals surface area contributed by atoms with Crippen molar-refractivity contribution >= 4 is 34.7 Å².